The van der Waals surface area contributed by atoms with Gasteiger partial charge in [-0.3, -0.25) is 4.68 Å². The lowest BCUT2D eigenvalue weighted by Gasteiger charge is -2.10. The summed E-state index contributed by atoms with van der Waals surface area (Å²) in [7, 11) is 3.84. The molecule has 0 aliphatic rings. The first-order chi connectivity index (χ1) is 9.67. The second-order valence-electron chi connectivity index (χ2n) is 5.04. The van der Waals surface area contributed by atoms with Gasteiger partial charge in [-0.1, -0.05) is 17.3 Å². The van der Waals surface area contributed by atoms with E-state index < -0.39 is 0 Å². The van der Waals surface area contributed by atoms with E-state index in [0.29, 0.717) is 12.6 Å². The van der Waals surface area contributed by atoms with Crippen molar-refractivity contribution in [1.29, 1.82) is 0 Å². The van der Waals surface area contributed by atoms with Gasteiger partial charge in [-0.05, 0) is 44.5 Å². The van der Waals surface area contributed by atoms with Gasteiger partial charge in [-0.25, -0.2) is 0 Å². The molecule has 2 aromatic rings. The molecule has 2 rings (SSSR count). The molecule has 1 aromatic heterocycles. The van der Waals surface area contributed by atoms with Crippen LogP contribution in [0.3, 0.4) is 0 Å². The smallest absolute Gasteiger partial charge is 0.134 e. The third-order valence-electron chi connectivity index (χ3n) is 3.32. The van der Waals surface area contributed by atoms with E-state index in [4.69, 9.17) is 4.74 Å². The predicted octanol–water partition coefficient (Wildman–Crippen LogP) is 1.93. The standard InChI is InChI=1S/C15H22N4O/c1-12(16-2)4-5-13-6-8-15(9-7-13)20-11-14-10-19(3)18-17-14/h6-10,12,16H,4-5,11H2,1-3H3. The van der Waals surface area contributed by atoms with Crippen LogP contribution in [-0.2, 0) is 20.1 Å². The molecule has 1 aromatic carbocycles. The Bertz CT molecular complexity index is 521. The Balaban J connectivity index is 1.82. The highest BCUT2D eigenvalue weighted by atomic mass is 16.5. The molecular weight excluding hydrogens is 252 g/mol. The zero-order valence-electron chi connectivity index (χ0n) is 12.3. The van der Waals surface area contributed by atoms with Crippen LogP contribution in [0.4, 0.5) is 0 Å². The molecule has 0 aliphatic heterocycles. The highest BCUT2D eigenvalue weighted by Crippen LogP contribution is 2.15. The monoisotopic (exact) mass is 274 g/mol. The Morgan fingerprint density at radius 2 is 2.05 bits per heavy atom. The summed E-state index contributed by atoms with van der Waals surface area (Å²) in [6, 6.07) is 8.80. The van der Waals surface area contributed by atoms with Gasteiger partial charge in [0.05, 0.1) is 6.20 Å². The molecule has 5 heteroatoms. The van der Waals surface area contributed by atoms with Gasteiger partial charge in [0, 0.05) is 13.1 Å². The van der Waals surface area contributed by atoms with Crippen molar-refractivity contribution in [2.75, 3.05) is 7.05 Å². The Morgan fingerprint density at radius 3 is 2.65 bits per heavy atom. The van der Waals surface area contributed by atoms with E-state index in [1.807, 2.05) is 32.4 Å². The minimum Gasteiger partial charge on any atom is -0.487 e. The van der Waals surface area contributed by atoms with Crippen LogP contribution in [0.25, 0.3) is 0 Å². The molecular formula is C15H22N4O. The first kappa shape index (κ1) is 14.5. The van der Waals surface area contributed by atoms with Gasteiger partial charge in [-0.2, -0.15) is 0 Å². The number of ether oxygens (including phenoxy) is 1. The lowest BCUT2D eigenvalue weighted by molar-refractivity contribution is 0.301. The molecule has 0 fully saturated rings. The summed E-state index contributed by atoms with van der Waals surface area (Å²) in [6.07, 6.45) is 4.07. The second-order valence-corrected chi connectivity index (χ2v) is 5.04. The summed E-state index contributed by atoms with van der Waals surface area (Å²) < 4.78 is 7.35. The van der Waals surface area contributed by atoms with E-state index in [-0.39, 0.29) is 0 Å². The van der Waals surface area contributed by atoms with Gasteiger partial charge in [0.25, 0.3) is 0 Å². The molecule has 0 radical (unpaired) electrons. The molecule has 0 amide bonds. The molecule has 1 N–H and O–H groups in total. The van der Waals surface area contributed by atoms with E-state index in [1.165, 1.54) is 5.56 Å². The minimum atomic E-state index is 0.448. The van der Waals surface area contributed by atoms with E-state index in [9.17, 15) is 0 Å². The summed E-state index contributed by atoms with van der Waals surface area (Å²) in [6.45, 7) is 2.64. The lowest BCUT2D eigenvalue weighted by Crippen LogP contribution is -2.21. The predicted molar refractivity (Wildman–Crippen MR) is 78.6 cm³/mol. The van der Waals surface area contributed by atoms with Crippen LogP contribution < -0.4 is 10.1 Å². The largest absolute Gasteiger partial charge is 0.487 e. The maximum Gasteiger partial charge on any atom is 0.134 e. The molecule has 108 valence electrons. The zero-order valence-corrected chi connectivity index (χ0v) is 12.3. The van der Waals surface area contributed by atoms with Crippen molar-refractivity contribution in [2.24, 2.45) is 7.05 Å². The molecule has 0 saturated carbocycles. The molecule has 1 atom stereocenters. The third kappa shape index (κ3) is 4.35. The number of hydrogen-bond donors (Lipinski definition) is 1. The lowest BCUT2D eigenvalue weighted by atomic mass is 10.1. The van der Waals surface area contributed by atoms with Crippen molar-refractivity contribution in [2.45, 2.75) is 32.4 Å². The quantitative estimate of drug-likeness (QED) is 0.838. The average molecular weight is 274 g/mol. The highest BCUT2D eigenvalue weighted by Gasteiger charge is 2.02. The molecule has 1 heterocycles. The van der Waals surface area contributed by atoms with E-state index in [2.05, 4.69) is 34.7 Å². The van der Waals surface area contributed by atoms with Crippen LogP contribution in [-0.4, -0.2) is 28.1 Å². The molecule has 5 nitrogen and oxygen atoms in total. The maximum atomic E-state index is 5.68. The van der Waals surface area contributed by atoms with Crippen molar-refractivity contribution in [1.82, 2.24) is 20.3 Å². The van der Waals surface area contributed by atoms with Crippen molar-refractivity contribution in [3.05, 3.63) is 41.7 Å². The Labute approximate surface area is 120 Å². The summed E-state index contributed by atoms with van der Waals surface area (Å²) in [5, 5.41) is 11.1. The van der Waals surface area contributed by atoms with Gasteiger partial charge in [-0.15, -0.1) is 5.10 Å². The second kappa shape index (κ2) is 7.05. The number of aromatic nitrogens is 3. The van der Waals surface area contributed by atoms with Crippen molar-refractivity contribution in [3.8, 4) is 5.75 Å². The van der Waals surface area contributed by atoms with Crippen molar-refractivity contribution in [3.63, 3.8) is 0 Å². The van der Waals surface area contributed by atoms with E-state index >= 15 is 0 Å². The molecule has 0 saturated heterocycles. The number of nitrogens with zero attached hydrogens (tertiary/aromatic N) is 3. The van der Waals surface area contributed by atoms with Crippen LogP contribution in [0.1, 0.15) is 24.6 Å². The number of aryl methyl sites for hydroxylation is 2. The van der Waals surface area contributed by atoms with Crippen molar-refractivity contribution >= 4 is 0 Å². The van der Waals surface area contributed by atoms with Crippen LogP contribution in [0, 0.1) is 0 Å². The van der Waals surface area contributed by atoms with Gasteiger partial charge < -0.3 is 10.1 Å². The topological polar surface area (TPSA) is 52.0 Å². The first-order valence-electron chi connectivity index (χ1n) is 6.91. The Morgan fingerprint density at radius 1 is 1.30 bits per heavy atom. The highest BCUT2D eigenvalue weighted by molar-refractivity contribution is 5.27. The average Bonchev–Trinajstić information content (AvgIpc) is 2.89. The normalized spacial score (nSPS) is 12.3. The Hall–Kier alpha value is -1.88. The Kier molecular flexibility index (Phi) is 5.12. The van der Waals surface area contributed by atoms with E-state index in [1.54, 1.807) is 4.68 Å². The molecule has 0 bridgehead atoms. The summed E-state index contributed by atoms with van der Waals surface area (Å²) in [5.41, 5.74) is 2.17. The molecule has 0 aliphatic carbocycles. The fourth-order valence-corrected chi connectivity index (χ4v) is 1.90. The summed E-state index contributed by atoms with van der Waals surface area (Å²) in [5.74, 6) is 0.862. The van der Waals surface area contributed by atoms with Gasteiger partial charge in [0.15, 0.2) is 0 Å². The maximum absolute atomic E-state index is 5.68. The summed E-state index contributed by atoms with van der Waals surface area (Å²) >= 11 is 0. The fourth-order valence-electron chi connectivity index (χ4n) is 1.90. The third-order valence-corrected chi connectivity index (χ3v) is 3.32. The first-order valence-corrected chi connectivity index (χ1v) is 6.91. The van der Waals surface area contributed by atoms with Crippen LogP contribution in [0.2, 0.25) is 0 Å². The number of hydrogen-bond acceptors (Lipinski definition) is 4. The number of rotatable bonds is 7. The summed E-state index contributed by atoms with van der Waals surface area (Å²) in [4.78, 5) is 0. The fraction of sp³-hybridized carbons (Fsp3) is 0.467. The van der Waals surface area contributed by atoms with Crippen LogP contribution >= 0.6 is 0 Å². The van der Waals surface area contributed by atoms with Crippen LogP contribution in [0.15, 0.2) is 30.5 Å². The van der Waals surface area contributed by atoms with Crippen LogP contribution in [0.5, 0.6) is 5.75 Å². The molecule has 0 spiro atoms. The van der Waals surface area contributed by atoms with Gasteiger partial charge in [0.2, 0.25) is 0 Å². The molecule has 1 unspecified atom stereocenters. The zero-order chi connectivity index (χ0) is 14.4. The van der Waals surface area contributed by atoms with E-state index in [0.717, 1.165) is 24.3 Å². The van der Waals surface area contributed by atoms with Gasteiger partial charge >= 0.3 is 0 Å². The number of nitrogens with one attached hydrogen (secondary N) is 1. The minimum absolute atomic E-state index is 0.448. The van der Waals surface area contributed by atoms with Gasteiger partial charge in [0.1, 0.15) is 18.1 Å². The number of benzene rings is 1. The molecule has 20 heavy (non-hydrogen) atoms. The SMILES string of the molecule is CNC(C)CCc1ccc(OCc2cn(C)nn2)cc1. The van der Waals surface area contributed by atoms with Crippen molar-refractivity contribution < 1.29 is 4.74 Å².